The minimum absolute atomic E-state index is 0.0801. The highest BCUT2D eigenvalue weighted by Crippen LogP contribution is 2.31. The third kappa shape index (κ3) is 2.82. The van der Waals surface area contributed by atoms with Crippen LogP contribution in [-0.2, 0) is 24.3 Å². The summed E-state index contributed by atoms with van der Waals surface area (Å²) in [6.07, 6.45) is 5.38. The molecule has 0 saturated carbocycles. The Kier molecular flexibility index (Phi) is 3.68. The molecule has 0 atom stereocenters. The molecule has 20 heavy (non-hydrogen) atoms. The molecule has 3 heterocycles. The summed E-state index contributed by atoms with van der Waals surface area (Å²) in [4.78, 5) is 14.7. The van der Waals surface area contributed by atoms with Crippen molar-refractivity contribution in [3.63, 3.8) is 0 Å². The van der Waals surface area contributed by atoms with E-state index in [0.29, 0.717) is 0 Å². The van der Waals surface area contributed by atoms with Gasteiger partial charge in [-0.05, 0) is 30.7 Å². The first kappa shape index (κ1) is 13.1. The molecule has 0 bridgehead atoms. The van der Waals surface area contributed by atoms with E-state index in [1.807, 2.05) is 11.3 Å². The molecule has 0 aliphatic carbocycles. The number of fused-ring (bicyclic) bond motifs is 1. The van der Waals surface area contributed by atoms with E-state index in [2.05, 4.69) is 26.7 Å². The first-order chi connectivity index (χ1) is 9.72. The van der Waals surface area contributed by atoms with E-state index in [0.717, 1.165) is 25.2 Å². The molecule has 1 aliphatic rings. The standard InChI is InChI=1S/C13H17N5OS/c14-13(19)9-18-8-10(15-16-18)7-17-5-2-1-3-12-11(17)4-6-20-12/h4,6,8H,1-3,5,7,9H2,(H2,14,19). The minimum Gasteiger partial charge on any atom is -0.368 e. The number of anilines is 1. The van der Waals surface area contributed by atoms with Crippen molar-refractivity contribution in [2.45, 2.75) is 32.4 Å². The van der Waals surface area contributed by atoms with Crippen molar-refractivity contribution in [1.82, 2.24) is 15.0 Å². The van der Waals surface area contributed by atoms with E-state index < -0.39 is 5.91 Å². The van der Waals surface area contributed by atoms with Gasteiger partial charge in [-0.15, -0.1) is 16.4 Å². The first-order valence-electron chi connectivity index (χ1n) is 6.71. The summed E-state index contributed by atoms with van der Waals surface area (Å²) in [6.45, 7) is 1.84. The van der Waals surface area contributed by atoms with Crippen molar-refractivity contribution in [2.75, 3.05) is 11.4 Å². The van der Waals surface area contributed by atoms with Crippen molar-refractivity contribution in [3.05, 3.63) is 28.2 Å². The molecular formula is C13H17N5OS. The van der Waals surface area contributed by atoms with Crippen LogP contribution < -0.4 is 10.6 Å². The largest absolute Gasteiger partial charge is 0.368 e. The van der Waals surface area contributed by atoms with E-state index in [1.54, 1.807) is 6.20 Å². The Morgan fingerprint density at radius 2 is 2.35 bits per heavy atom. The van der Waals surface area contributed by atoms with Gasteiger partial charge in [0.25, 0.3) is 0 Å². The Morgan fingerprint density at radius 3 is 3.20 bits per heavy atom. The number of nitrogens with two attached hydrogens (primary N) is 1. The Morgan fingerprint density at radius 1 is 1.45 bits per heavy atom. The highest BCUT2D eigenvalue weighted by Gasteiger charge is 2.17. The third-order valence-corrected chi connectivity index (χ3v) is 4.37. The van der Waals surface area contributed by atoms with Crippen LogP contribution in [0.2, 0.25) is 0 Å². The van der Waals surface area contributed by atoms with Gasteiger partial charge < -0.3 is 10.6 Å². The molecule has 3 rings (SSSR count). The second kappa shape index (κ2) is 5.62. The summed E-state index contributed by atoms with van der Waals surface area (Å²) in [5, 5.41) is 10.2. The molecule has 0 aromatic carbocycles. The number of amides is 1. The zero-order valence-electron chi connectivity index (χ0n) is 11.2. The van der Waals surface area contributed by atoms with Crippen molar-refractivity contribution >= 4 is 22.9 Å². The number of nitrogens with zero attached hydrogens (tertiary/aromatic N) is 4. The molecule has 0 saturated heterocycles. The van der Waals surface area contributed by atoms with E-state index in [1.165, 1.54) is 28.1 Å². The number of primary amides is 1. The number of hydrogen-bond acceptors (Lipinski definition) is 5. The van der Waals surface area contributed by atoms with E-state index >= 15 is 0 Å². The molecule has 2 aromatic heterocycles. The lowest BCUT2D eigenvalue weighted by molar-refractivity contribution is -0.118. The molecule has 7 heteroatoms. The first-order valence-corrected chi connectivity index (χ1v) is 7.59. The Hall–Kier alpha value is -1.89. The molecule has 0 spiro atoms. The van der Waals surface area contributed by atoms with Crippen LogP contribution in [0.3, 0.4) is 0 Å². The second-order valence-corrected chi connectivity index (χ2v) is 5.98. The Balaban J connectivity index is 1.74. The fraction of sp³-hybridized carbons (Fsp3) is 0.462. The SMILES string of the molecule is NC(=O)Cn1cc(CN2CCCCc3sccc32)nn1. The maximum Gasteiger partial charge on any atom is 0.239 e. The fourth-order valence-electron chi connectivity index (χ4n) is 2.52. The fourth-order valence-corrected chi connectivity index (χ4v) is 3.46. The zero-order chi connectivity index (χ0) is 13.9. The van der Waals surface area contributed by atoms with E-state index in [9.17, 15) is 4.79 Å². The lowest BCUT2D eigenvalue weighted by Crippen LogP contribution is -2.23. The number of aryl methyl sites for hydroxylation is 1. The van der Waals surface area contributed by atoms with Crippen LogP contribution in [-0.4, -0.2) is 27.4 Å². The van der Waals surface area contributed by atoms with Gasteiger partial charge in [0, 0.05) is 11.4 Å². The predicted octanol–water partition coefficient (Wildman–Crippen LogP) is 1.17. The predicted molar refractivity (Wildman–Crippen MR) is 77.5 cm³/mol. The number of aromatic nitrogens is 3. The average Bonchev–Trinajstić information content (AvgIpc) is 2.98. The van der Waals surface area contributed by atoms with Crippen LogP contribution in [0, 0.1) is 0 Å². The summed E-state index contributed by atoms with van der Waals surface area (Å²) in [7, 11) is 0. The van der Waals surface area contributed by atoms with Gasteiger partial charge >= 0.3 is 0 Å². The highest BCUT2D eigenvalue weighted by atomic mass is 32.1. The Bertz CT molecular complexity index is 605. The smallest absolute Gasteiger partial charge is 0.239 e. The lowest BCUT2D eigenvalue weighted by Gasteiger charge is -2.21. The van der Waals surface area contributed by atoms with Crippen molar-refractivity contribution in [1.29, 1.82) is 0 Å². The molecule has 0 radical (unpaired) electrons. The van der Waals surface area contributed by atoms with Gasteiger partial charge in [-0.2, -0.15) is 0 Å². The van der Waals surface area contributed by atoms with Gasteiger partial charge in [-0.3, -0.25) is 4.79 Å². The van der Waals surface area contributed by atoms with Gasteiger partial charge in [0.05, 0.1) is 18.4 Å². The molecule has 1 aliphatic heterocycles. The molecule has 0 unspecified atom stereocenters. The van der Waals surface area contributed by atoms with Crippen molar-refractivity contribution in [2.24, 2.45) is 5.73 Å². The van der Waals surface area contributed by atoms with Crippen LogP contribution >= 0.6 is 11.3 Å². The van der Waals surface area contributed by atoms with Gasteiger partial charge in [-0.1, -0.05) is 5.21 Å². The van der Waals surface area contributed by atoms with Gasteiger partial charge in [0.1, 0.15) is 12.2 Å². The van der Waals surface area contributed by atoms with Crippen molar-refractivity contribution in [3.8, 4) is 0 Å². The summed E-state index contributed by atoms with van der Waals surface area (Å²) in [5.41, 5.74) is 7.33. The molecule has 0 fully saturated rings. The van der Waals surface area contributed by atoms with Gasteiger partial charge in [0.15, 0.2) is 0 Å². The normalized spacial score (nSPS) is 14.9. The van der Waals surface area contributed by atoms with Gasteiger partial charge in [0.2, 0.25) is 5.91 Å². The van der Waals surface area contributed by atoms with Crippen molar-refractivity contribution < 1.29 is 4.79 Å². The summed E-state index contributed by atoms with van der Waals surface area (Å²) in [5.74, 6) is -0.406. The third-order valence-electron chi connectivity index (χ3n) is 3.40. The monoisotopic (exact) mass is 291 g/mol. The number of carbonyl (C=O) groups excluding carboxylic acids is 1. The average molecular weight is 291 g/mol. The summed E-state index contributed by atoms with van der Waals surface area (Å²) in [6, 6.07) is 2.18. The van der Waals surface area contributed by atoms with E-state index in [-0.39, 0.29) is 6.54 Å². The van der Waals surface area contributed by atoms with Crippen LogP contribution in [0.4, 0.5) is 5.69 Å². The molecule has 106 valence electrons. The minimum atomic E-state index is -0.406. The van der Waals surface area contributed by atoms with Gasteiger partial charge in [-0.25, -0.2) is 4.68 Å². The molecule has 6 nitrogen and oxygen atoms in total. The van der Waals surface area contributed by atoms with E-state index in [4.69, 9.17) is 5.73 Å². The molecule has 2 aromatic rings. The summed E-state index contributed by atoms with van der Waals surface area (Å²) >= 11 is 1.82. The number of hydrogen-bond donors (Lipinski definition) is 1. The lowest BCUT2D eigenvalue weighted by atomic mass is 10.2. The van der Waals surface area contributed by atoms with Crippen LogP contribution in [0.1, 0.15) is 23.4 Å². The molecular weight excluding hydrogens is 274 g/mol. The van der Waals surface area contributed by atoms with Crippen LogP contribution in [0.15, 0.2) is 17.6 Å². The number of thiophene rings is 1. The summed E-state index contributed by atoms with van der Waals surface area (Å²) < 4.78 is 1.49. The number of rotatable bonds is 4. The maximum atomic E-state index is 10.9. The zero-order valence-corrected chi connectivity index (χ0v) is 12.0. The maximum absolute atomic E-state index is 10.9. The Labute approximate surface area is 121 Å². The van der Waals surface area contributed by atoms with Crippen LogP contribution in [0.25, 0.3) is 0 Å². The quantitative estimate of drug-likeness (QED) is 0.917. The number of carbonyl (C=O) groups is 1. The molecule has 2 N–H and O–H groups in total. The second-order valence-electron chi connectivity index (χ2n) is 4.98. The topological polar surface area (TPSA) is 77.0 Å². The molecule has 1 amide bonds. The van der Waals surface area contributed by atoms with Crippen LogP contribution in [0.5, 0.6) is 0 Å². The highest BCUT2D eigenvalue weighted by molar-refractivity contribution is 7.10.